The van der Waals surface area contributed by atoms with Crippen molar-refractivity contribution < 1.29 is 14.7 Å². The highest BCUT2D eigenvalue weighted by Gasteiger charge is 2.10. The van der Waals surface area contributed by atoms with E-state index in [9.17, 15) is 9.59 Å². The van der Waals surface area contributed by atoms with Crippen LogP contribution in [0.15, 0.2) is 60.3 Å². The molecule has 2 aromatic rings. The molecule has 25 heavy (non-hydrogen) atoms. The molecule has 0 atom stereocenters. The van der Waals surface area contributed by atoms with E-state index < -0.39 is 11.9 Å². The summed E-state index contributed by atoms with van der Waals surface area (Å²) >= 11 is 0. The lowest BCUT2D eigenvalue weighted by Crippen LogP contribution is -2.14. The van der Waals surface area contributed by atoms with Crippen molar-refractivity contribution in [3.05, 3.63) is 71.4 Å². The van der Waals surface area contributed by atoms with Crippen molar-refractivity contribution in [3.8, 4) is 12.1 Å². The van der Waals surface area contributed by atoms with E-state index >= 15 is 0 Å². The summed E-state index contributed by atoms with van der Waals surface area (Å²) in [5.74, 6) is -1.70. The summed E-state index contributed by atoms with van der Waals surface area (Å²) in [7, 11) is 0. The van der Waals surface area contributed by atoms with Crippen LogP contribution in [0.1, 0.15) is 15.9 Å². The Hall–Kier alpha value is -4.10. The van der Waals surface area contributed by atoms with Crippen LogP contribution < -0.4 is 10.6 Å². The summed E-state index contributed by atoms with van der Waals surface area (Å²) in [5.41, 5.74) is 1.42. The van der Waals surface area contributed by atoms with Crippen LogP contribution in [0.3, 0.4) is 0 Å². The number of nitrogens with zero attached hydrogens (tertiary/aromatic N) is 2. The maximum atomic E-state index is 12.1. The van der Waals surface area contributed by atoms with Crippen molar-refractivity contribution in [2.24, 2.45) is 0 Å². The van der Waals surface area contributed by atoms with Gasteiger partial charge in [-0.15, -0.1) is 0 Å². The minimum absolute atomic E-state index is 0.0940. The smallest absolute Gasteiger partial charge is 0.335 e. The zero-order chi connectivity index (χ0) is 18.2. The second-order valence-electron chi connectivity index (χ2n) is 4.84. The third-order valence-electron chi connectivity index (χ3n) is 3.15. The molecular weight excluding hydrogens is 320 g/mol. The van der Waals surface area contributed by atoms with Gasteiger partial charge in [0.25, 0.3) is 5.91 Å². The fourth-order valence-electron chi connectivity index (χ4n) is 1.84. The molecule has 7 heteroatoms. The molecule has 0 saturated heterocycles. The van der Waals surface area contributed by atoms with Gasteiger partial charge in [0.1, 0.15) is 11.6 Å². The molecule has 0 aromatic heterocycles. The fourth-order valence-corrected chi connectivity index (χ4v) is 1.84. The maximum absolute atomic E-state index is 12.1. The molecule has 7 nitrogen and oxygen atoms in total. The van der Waals surface area contributed by atoms with Crippen molar-refractivity contribution >= 4 is 23.3 Å². The van der Waals surface area contributed by atoms with Gasteiger partial charge in [-0.1, -0.05) is 0 Å². The number of anilines is 2. The molecule has 0 spiro atoms. The van der Waals surface area contributed by atoms with Crippen LogP contribution in [0.25, 0.3) is 0 Å². The Balaban J connectivity index is 2.05. The van der Waals surface area contributed by atoms with E-state index in [4.69, 9.17) is 15.6 Å². The van der Waals surface area contributed by atoms with Crippen LogP contribution >= 0.6 is 0 Å². The molecule has 1 amide bonds. The number of hydrogen-bond donors (Lipinski definition) is 3. The van der Waals surface area contributed by atoms with Gasteiger partial charge in [0.15, 0.2) is 0 Å². The fraction of sp³-hybridized carbons (Fsp3) is 0. The lowest BCUT2D eigenvalue weighted by molar-refractivity contribution is -0.112. The van der Waals surface area contributed by atoms with Crippen molar-refractivity contribution in [2.45, 2.75) is 0 Å². The second-order valence-corrected chi connectivity index (χ2v) is 4.84. The molecule has 122 valence electrons. The summed E-state index contributed by atoms with van der Waals surface area (Å²) in [4.78, 5) is 22.9. The molecule has 2 rings (SSSR count). The minimum atomic E-state index is -1.07. The van der Waals surface area contributed by atoms with E-state index in [-0.39, 0.29) is 11.1 Å². The largest absolute Gasteiger partial charge is 0.478 e. The monoisotopic (exact) mass is 332 g/mol. The average molecular weight is 332 g/mol. The number of amides is 1. The molecular formula is C18H12N4O3. The van der Waals surface area contributed by atoms with Crippen molar-refractivity contribution in [2.75, 3.05) is 10.6 Å². The summed E-state index contributed by atoms with van der Waals surface area (Å²) in [6, 6.07) is 15.8. The molecule has 0 aliphatic heterocycles. The van der Waals surface area contributed by atoms with E-state index in [1.54, 1.807) is 30.3 Å². The molecule has 2 aromatic carbocycles. The van der Waals surface area contributed by atoms with Crippen LogP contribution in [0, 0.1) is 22.7 Å². The Morgan fingerprint density at radius 2 is 1.56 bits per heavy atom. The molecule has 0 fully saturated rings. The van der Waals surface area contributed by atoms with Crippen LogP contribution in [-0.4, -0.2) is 17.0 Å². The number of carboxylic acids is 1. The second kappa shape index (κ2) is 7.95. The van der Waals surface area contributed by atoms with Gasteiger partial charge in [-0.2, -0.15) is 10.5 Å². The standard InChI is InChI=1S/C18H12N4O3/c19-9-12-1-5-15(6-2-12)21-11-14(10-20)17(23)22-16-7-3-13(4-8-16)18(24)25/h1-8,11,21H,(H,22,23)(H,24,25)/b14-11-. The third kappa shape index (κ3) is 4.68. The van der Waals surface area contributed by atoms with Gasteiger partial charge < -0.3 is 15.7 Å². The van der Waals surface area contributed by atoms with Gasteiger partial charge in [-0.05, 0) is 48.5 Å². The van der Waals surface area contributed by atoms with Gasteiger partial charge in [-0.3, -0.25) is 4.79 Å². The predicted octanol–water partition coefficient (Wildman–Crippen LogP) is 2.71. The lowest BCUT2D eigenvalue weighted by Gasteiger charge is -2.05. The first-order valence-corrected chi connectivity index (χ1v) is 7.05. The molecule has 0 bridgehead atoms. The van der Waals surface area contributed by atoms with Gasteiger partial charge in [0.2, 0.25) is 0 Å². The Bertz CT molecular complexity index is 901. The Kier molecular flexibility index (Phi) is 5.49. The van der Waals surface area contributed by atoms with E-state index in [2.05, 4.69) is 10.6 Å². The van der Waals surface area contributed by atoms with Crippen molar-refractivity contribution in [3.63, 3.8) is 0 Å². The Morgan fingerprint density at radius 1 is 0.960 bits per heavy atom. The van der Waals surface area contributed by atoms with Crippen LogP contribution in [0.2, 0.25) is 0 Å². The number of carboxylic acid groups (broad SMARTS) is 1. The summed E-state index contributed by atoms with van der Waals surface area (Å²) < 4.78 is 0. The van der Waals surface area contributed by atoms with Crippen molar-refractivity contribution in [1.82, 2.24) is 0 Å². The van der Waals surface area contributed by atoms with Gasteiger partial charge in [-0.25, -0.2) is 4.79 Å². The number of hydrogen-bond acceptors (Lipinski definition) is 5. The molecule has 0 aliphatic rings. The Morgan fingerprint density at radius 3 is 2.08 bits per heavy atom. The Labute approximate surface area is 143 Å². The maximum Gasteiger partial charge on any atom is 0.335 e. The zero-order valence-corrected chi connectivity index (χ0v) is 12.9. The number of rotatable bonds is 5. The molecule has 0 heterocycles. The predicted molar refractivity (Wildman–Crippen MR) is 90.5 cm³/mol. The first-order chi connectivity index (χ1) is 12.0. The highest BCUT2D eigenvalue weighted by atomic mass is 16.4. The quantitative estimate of drug-likeness (QED) is 0.571. The van der Waals surface area contributed by atoms with Gasteiger partial charge in [0, 0.05) is 17.6 Å². The molecule has 0 unspecified atom stereocenters. The van der Waals surface area contributed by atoms with Crippen LogP contribution in [0.4, 0.5) is 11.4 Å². The summed E-state index contributed by atoms with van der Waals surface area (Å²) in [6.45, 7) is 0. The summed E-state index contributed by atoms with van der Waals surface area (Å²) in [5, 5.41) is 32.0. The van der Waals surface area contributed by atoms with Gasteiger partial charge in [0.05, 0.1) is 17.2 Å². The van der Waals surface area contributed by atoms with E-state index in [0.29, 0.717) is 16.9 Å². The summed E-state index contributed by atoms with van der Waals surface area (Å²) in [6.07, 6.45) is 1.25. The molecule has 0 saturated carbocycles. The van der Waals surface area contributed by atoms with Crippen LogP contribution in [0.5, 0.6) is 0 Å². The van der Waals surface area contributed by atoms with E-state index in [0.717, 1.165) is 0 Å². The normalized spacial score (nSPS) is 10.2. The van der Waals surface area contributed by atoms with E-state index in [1.165, 1.54) is 30.5 Å². The highest BCUT2D eigenvalue weighted by molar-refractivity contribution is 6.06. The average Bonchev–Trinajstić information content (AvgIpc) is 2.63. The zero-order valence-electron chi connectivity index (χ0n) is 12.9. The first kappa shape index (κ1) is 17.3. The lowest BCUT2D eigenvalue weighted by atomic mass is 10.2. The van der Waals surface area contributed by atoms with Crippen molar-refractivity contribution in [1.29, 1.82) is 10.5 Å². The SMILES string of the molecule is N#C/C(=C/Nc1ccc(C#N)cc1)C(=O)Nc1ccc(C(=O)O)cc1. The van der Waals surface area contributed by atoms with Gasteiger partial charge >= 0.3 is 5.97 Å². The minimum Gasteiger partial charge on any atom is -0.478 e. The number of nitrogens with one attached hydrogen (secondary N) is 2. The van der Waals surface area contributed by atoms with E-state index in [1.807, 2.05) is 6.07 Å². The topological polar surface area (TPSA) is 126 Å². The molecule has 0 aliphatic carbocycles. The molecule has 0 radical (unpaired) electrons. The number of aromatic carboxylic acids is 1. The number of carbonyl (C=O) groups is 2. The number of nitriles is 2. The number of benzene rings is 2. The number of carbonyl (C=O) groups excluding carboxylic acids is 1. The highest BCUT2D eigenvalue weighted by Crippen LogP contribution is 2.12. The van der Waals surface area contributed by atoms with Crippen LogP contribution in [-0.2, 0) is 4.79 Å². The third-order valence-corrected chi connectivity index (χ3v) is 3.15. The first-order valence-electron chi connectivity index (χ1n) is 7.05. The molecule has 3 N–H and O–H groups in total.